The van der Waals surface area contributed by atoms with Crippen molar-refractivity contribution in [2.75, 3.05) is 13.2 Å². The van der Waals surface area contributed by atoms with Crippen LogP contribution in [0.3, 0.4) is 0 Å². The van der Waals surface area contributed by atoms with E-state index in [4.69, 9.17) is 14.2 Å². The lowest BCUT2D eigenvalue weighted by molar-refractivity contribution is -0.167. The summed E-state index contributed by atoms with van der Waals surface area (Å²) >= 11 is 0. The van der Waals surface area contributed by atoms with Crippen molar-refractivity contribution in [1.29, 1.82) is 0 Å². The van der Waals surface area contributed by atoms with Gasteiger partial charge in [-0.15, -0.1) is 0 Å². The maximum absolute atomic E-state index is 12.8. The van der Waals surface area contributed by atoms with E-state index < -0.39 is 6.10 Å². The van der Waals surface area contributed by atoms with Crippen LogP contribution in [0.4, 0.5) is 0 Å². The number of ether oxygens (including phenoxy) is 3. The fraction of sp³-hybridized carbons (Fsp3) is 0.682. The van der Waals surface area contributed by atoms with Crippen molar-refractivity contribution in [3.8, 4) is 0 Å². The molecule has 0 bridgehead atoms. The molecule has 0 N–H and O–H groups in total. The first-order valence-corrected chi connectivity index (χ1v) is 29.9. The van der Waals surface area contributed by atoms with Crippen LogP contribution >= 0.6 is 0 Å². The van der Waals surface area contributed by atoms with Crippen LogP contribution in [0.2, 0.25) is 0 Å². The summed E-state index contributed by atoms with van der Waals surface area (Å²) in [5, 5.41) is 0. The SMILES string of the molecule is CC/C=C\C/C=C\C/C=C\C/C=C\C/C=C\C/C=C\CCCCCCCCCCC(=O)OCC(COC(=O)CCCCCCC/C=C\CCCCC)OC(=O)CCCCCCC/C=C\C/C=C\CCCCC. The minimum Gasteiger partial charge on any atom is -0.462 e. The van der Waals surface area contributed by atoms with Crippen molar-refractivity contribution in [2.45, 2.75) is 277 Å². The summed E-state index contributed by atoms with van der Waals surface area (Å²) in [5.41, 5.74) is 0. The molecule has 6 nitrogen and oxygen atoms in total. The molecule has 0 aromatic rings. The second-order valence-electron chi connectivity index (χ2n) is 19.5. The summed E-state index contributed by atoms with van der Waals surface area (Å²) in [6, 6.07) is 0. The van der Waals surface area contributed by atoms with Gasteiger partial charge >= 0.3 is 17.9 Å². The molecule has 0 rings (SSSR count). The lowest BCUT2D eigenvalue weighted by Gasteiger charge is -2.18. The van der Waals surface area contributed by atoms with Crippen LogP contribution in [0.15, 0.2) is 109 Å². The highest BCUT2D eigenvalue weighted by molar-refractivity contribution is 5.71. The molecule has 0 radical (unpaired) electrons. The van der Waals surface area contributed by atoms with E-state index in [1.165, 1.54) is 96.3 Å². The zero-order valence-corrected chi connectivity index (χ0v) is 46.9. The molecule has 0 amide bonds. The number of esters is 3. The molecule has 1 unspecified atom stereocenters. The molecule has 0 spiro atoms. The Balaban J connectivity index is 4.33. The van der Waals surface area contributed by atoms with Gasteiger partial charge in [0.25, 0.3) is 0 Å². The van der Waals surface area contributed by atoms with Gasteiger partial charge in [0.15, 0.2) is 6.10 Å². The summed E-state index contributed by atoms with van der Waals surface area (Å²) in [6.07, 6.45) is 80.8. The Bertz CT molecular complexity index is 1470. The van der Waals surface area contributed by atoms with E-state index >= 15 is 0 Å². The molecule has 0 aromatic carbocycles. The van der Waals surface area contributed by atoms with Gasteiger partial charge in [0, 0.05) is 19.3 Å². The normalized spacial score (nSPS) is 12.9. The number of carbonyl (C=O) groups is 3. The van der Waals surface area contributed by atoms with E-state index in [-0.39, 0.29) is 31.1 Å². The van der Waals surface area contributed by atoms with Crippen LogP contribution in [0.1, 0.15) is 271 Å². The Morgan fingerprint density at radius 1 is 0.292 bits per heavy atom. The van der Waals surface area contributed by atoms with Gasteiger partial charge in [-0.2, -0.15) is 0 Å². The van der Waals surface area contributed by atoms with Crippen molar-refractivity contribution in [3.63, 3.8) is 0 Å². The number of unbranched alkanes of at least 4 members (excludes halogenated alkanes) is 24. The first-order valence-electron chi connectivity index (χ1n) is 29.9. The van der Waals surface area contributed by atoms with Gasteiger partial charge in [-0.1, -0.05) is 233 Å². The quantitative estimate of drug-likeness (QED) is 0.0261. The number of carbonyl (C=O) groups excluding carboxylic acids is 3. The molecular formula is C66H110O6. The van der Waals surface area contributed by atoms with Gasteiger partial charge in [0.2, 0.25) is 0 Å². The van der Waals surface area contributed by atoms with Crippen molar-refractivity contribution in [3.05, 3.63) is 109 Å². The van der Waals surface area contributed by atoms with Gasteiger partial charge in [-0.3, -0.25) is 14.4 Å². The number of hydrogen-bond acceptors (Lipinski definition) is 6. The summed E-state index contributed by atoms with van der Waals surface area (Å²) in [4.78, 5) is 38.2. The Hall–Kier alpha value is -3.93. The standard InChI is InChI=1S/C66H110O6/c1-4-7-10-13-16-19-22-25-27-28-29-30-31-32-33-34-35-36-37-38-40-41-44-47-50-53-56-59-65(68)71-62-63(61-70-64(67)58-55-52-49-46-43-24-21-18-15-12-9-6-3)72-66(69)60-57-54-51-48-45-42-39-26-23-20-17-14-11-8-5-2/h7,10,16-21,25-27,29-30,32-33,35-36,39,63H,4-6,8-9,11-15,22-24,28,31,34,37-38,40-62H2,1-3H3/b10-7-,19-16-,20-17-,21-18-,27-25-,30-29-,33-32-,36-35-,39-26-. The van der Waals surface area contributed by atoms with Gasteiger partial charge < -0.3 is 14.2 Å². The summed E-state index contributed by atoms with van der Waals surface area (Å²) in [5.74, 6) is -0.921. The van der Waals surface area contributed by atoms with Gasteiger partial charge in [0.1, 0.15) is 13.2 Å². The average molecular weight is 1000 g/mol. The van der Waals surface area contributed by atoms with Crippen LogP contribution < -0.4 is 0 Å². The van der Waals surface area contributed by atoms with E-state index in [1.54, 1.807) is 0 Å². The maximum Gasteiger partial charge on any atom is 0.306 e. The molecule has 72 heavy (non-hydrogen) atoms. The molecule has 0 aliphatic carbocycles. The van der Waals surface area contributed by atoms with E-state index in [0.717, 1.165) is 135 Å². The van der Waals surface area contributed by atoms with Crippen molar-refractivity contribution < 1.29 is 28.6 Å². The molecule has 0 aliphatic rings. The Kier molecular flexibility index (Phi) is 56.4. The number of rotatable bonds is 53. The van der Waals surface area contributed by atoms with Crippen molar-refractivity contribution >= 4 is 17.9 Å². The maximum atomic E-state index is 12.8. The van der Waals surface area contributed by atoms with E-state index in [1.807, 2.05) is 0 Å². The minimum atomic E-state index is -0.794. The van der Waals surface area contributed by atoms with Crippen LogP contribution in [-0.4, -0.2) is 37.2 Å². The summed E-state index contributed by atoms with van der Waals surface area (Å²) in [6.45, 7) is 6.45. The smallest absolute Gasteiger partial charge is 0.306 e. The van der Waals surface area contributed by atoms with Gasteiger partial charge in [0.05, 0.1) is 0 Å². The lowest BCUT2D eigenvalue weighted by atomic mass is 10.1. The first-order chi connectivity index (χ1) is 35.5. The highest BCUT2D eigenvalue weighted by Gasteiger charge is 2.19. The highest BCUT2D eigenvalue weighted by atomic mass is 16.6. The third-order valence-electron chi connectivity index (χ3n) is 12.5. The van der Waals surface area contributed by atoms with Crippen LogP contribution in [0.5, 0.6) is 0 Å². The Morgan fingerprint density at radius 2 is 0.542 bits per heavy atom. The second-order valence-corrected chi connectivity index (χ2v) is 19.5. The predicted octanol–water partition coefficient (Wildman–Crippen LogP) is 20.3. The monoisotopic (exact) mass is 999 g/mol. The highest BCUT2D eigenvalue weighted by Crippen LogP contribution is 2.14. The number of hydrogen-bond donors (Lipinski definition) is 0. The molecule has 410 valence electrons. The molecule has 0 heterocycles. The van der Waals surface area contributed by atoms with Crippen molar-refractivity contribution in [2.24, 2.45) is 0 Å². The van der Waals surface area contributed by atoms with Crippen molar-refractivity contribution in [1.82, 2.24) is 0 Å². The topological polar surface area (TPSA) is 78.9 Å². The first kappa shape index (κ1) is 68.1. The molecule has 0 aromatic heterocycles. The fourth-order valence-electron chi connectivity index (χ4n) is 8.00. The van der Waals surface area contributed by atoms with E-state index in [0.29, 0.717) is 19.3 Å². The van der Waals surface area contributed by atoms with E-state index in [2.05, 4.69) is 130 Å². The minimum absolute atomic E-state index is 0.0913. The largest absolute Gasteiger partial charge is 0.462 e. The summed E-state index contributed by atoms with van der Waals surface area (Å²) < 4.78 is 16.8. The van der Waals surface area contributed by atoms with E-state index in [9.17, 15) is 14.4 Å². The Labute approximate surface area is 444 Å². The fourth-order valence-corrected chi connectivity index (χ4v) is 8.00. The van der Waals surface area contributed by atoms with Crippen LogP contribution in [0.25, 0.3) is 0 Å². The third-order valence-corrected chi connectivity index (χ3v) is 12.5. The molecular weight excluding hydrogens is 889 g/mol. The van der Waals surface area contributed by atoms with Gasteiger partial charge in [-0.05, 0) is 128 Å². The van der Waals surface area contributed by atoms with Gasteiger partial charge in [-0.25, -0.2) is 0 Å². The molecule has 6 heteroatoms. The zero-order chi connectivity index (χ0) is 52.2. The number of allylic oxidation sites excluding steroid dienone is 18. The Morgan fingerprint density at radius 3 is 0.861 bits per heavy atom. The average Bonchev–Trinajstić information content (AvgIpc) is 3.38. The lowest BCUT2D eigenvalue weighted by Crippen LogP contribution is -2.30. The molecule has 0 aliphatic heterocycles. The van der Waals surface area contributed by atoms with Crippen LogP contribution in [0, 0.1) is 0 Å². The van der Waals surface area contributed by atoms with Crippen LogP contribution in [-0.2, 0) is 28.6 Å². The summed E-state index contributed by atoms with van der Waals surface area (Å²) in [7, 11) is 0. The predicted molar refractivity (Wildman–Crippen MR) is 311 cm³/mol. The molecule has 0 saturated carbocycles. The second kappa shape index (κ2) is 59.6. The third kappa shape index (κ3) is 57.0. The molecule has 0 fully saturated rings. The molecule has 1 atom stereocenters. The molecule has 0 saturated heterocycles. The zero-order valence-electron chi connectivity index (χ0n) is 46.9.